The number of rotatable bonds is 4. The Morgan fingerprint density at radius 2 is 2.16 bits per heavy atom. The predicted molar refractivity (Wildman–Crippen MR) is 66.5 cm³/mol. The molecule has 0 atom stereocenters. The highest BCUT2D eigenvalue weighted by atomic mass is 16.6. The number of ketones is 1. The zero-order chi connectivity index (χ0) is 13.8. The van der Waals surface area contributed by atoms with Crippen LogP contribution >= 0.6 is 0 Å². The first-order chi connectivity index (χ1) is 9.11. The third kappa shape index (κ3) is 2.65. The maximum absolute atomic E-state index is 11.2. The Bertz CT molecular complexity index is 619. The van der Waals surface area contributed by atoms with Gasteiger partial charge in [0.05, 0.1) is 4.92 Å². The molecule has 0 unspecified atom stereocenters. The summed E-state index contributed by atoms with van der Waals surface area (Å²) in [6.07, 6.45) is 3.18. The second-order valence-electron chi connectivity index (χ2n) is 3.72. The lowest BCUT2D eigenvalue weighted by Crippen LogP contribution is -2.33. The lowest BCUT2D eigenvalue weighted by molar-refractivity contribution is -0.384. The zero-order valence-electron chi connectivity index (χ0n) is 9.62. The molecule has 0 radical (unpaired) electrons. The average Bonchev–Trinajstić information content (AvgIpc) is 2.46. The van der Waals surface area contributed by atoms with Crippen LogP contribution in [-0.2, 0) is 9.59 Å². The Labute approximate surface area is 107 Å². The quantitative estimate of drug-likeness (QED) is 0.357. The van der Waals surface area contributed by atoms with Crippen LogP contribution in [-0.4, -0.2) is 17.0 Å². The topological polar surface area (TPSA) is 101 Å². The van der Waals surface area contributed by atoms with E-state index in [9.17, 15) is 19.7 Å². The summed E-state index contributed by atoms with van der Waals surface area (Å²) in [7, 11) is 0. The number of benzene rings is 1. The summed E-state index contributed by atoms with van der Waals surface area (Å²) < 4.78 is 0. The second kappa shape index (κ2) is 5.13. The van der Waals surface area contributed by atoms with Crippen LogP contribution in [0.3, 0.4) is 0 Å². The number of carbonyl (C=O) groups is 2. The fourth-order valence-corrected chi connectivity index (χ4v) is 1.59. The van der Waals surface area contributed by atoms with Gasteiger partial charge in [0.15, 0.2) is 6.29 Å². The molecule has 19 heavy (non-hydrogen) atoms. The highest BCUT2D eigenvalue weighted by Gasteiger charge is 2.14. The van der Waals surface area contributed by atoms with Crippen molar-refractivity contribution >= 4 is 23.3 Å². The molecule has 1 aliphatic heterocycles. The lowest BCUT2D eigenvalue weighted by Gasteiger charge is -2.15. The number of hydrazine groups is 1. The zero-order valence-corrected chi connectivity index (χ0v) is 9.62. The SMILES string of the molecule is O=CC(=O)C1=CC(c2cccc([N+](=O)[O-])c2)=CNN1. The predicted octanol–water partition coefficient (Wildman–Crippen LogP) is 0.695. The Morgan fingerprint density at radius 1 is 1.37 bits per heavy atom. The number of hydrogen-bond donors (Lipinski definition) is 2. The molecule has 0 aliphatic carbocycles. The first-order valence-electron chi connectivity index (χ1n) is 5.29. The molecule has 96 valence electrons. The summed E-state index contributed by atoms with van der Waals surface area (Å²) in [6.45, 7) is 0. The lowest BCUT2D eigenvalue weighted by atomic mass is 10.0. The van der Waals surface area contributed by atoms with Gasteiger partial charge in [-0.2, -0.15) is 0 Å². The van der Waals surface area contributed by atoms with E-state index < -0.39 is 10.7 Å². The van der Waals surface area contributed by atoms with Crippen LogP contribution in [0.2, 0.25) is 0 Å². The summed E-state index contributed by atoms with van der Waals surface area (Å²) in [5.74, 6) is -0.705. The normalized spacial score (nSPS) is 13.5. The molecule has 0 fully saturated rings. The number of non-ortho nitro benzene ring substituents is 1. The number of nitro benzene ring substituents is 1. The summed E-state index contributed by atoms with van der Waals surface area (Å²) >= 11 is 0. The second-order valence-corrected chi connectivity index (χ2v) is 3.72. The highest BCUT2D eigenvalue weighted by Crippen LogP contribution is 2.22. The van der Waals surface area contributed by atoms with E-state index in [1.807, 2.05) is 0 Å². The number of allylic oxidation sites excluding steroid dienone is 3. The molecule has 1 heterocycles. The molecule has 2 N–H and O–H groups in total. The fraction of sp³-hybridized carbons (Fsp3) is 0. The minimum Gasteiger partial charge on any atom is -0.307 e. The van der Waals surface area contributed by atoms with Crippen molar-refractivity contribution in [1.82, 2.24) is 10.9 Å². The van der Waals surface area contributed by atoms with Gasteiger partial charge in [-0.25, -0.2) is 0 Å². The third-order valence-electron chi connectivity index (χ3n) is 2.50. The first kappa shape index (κ1) is 12.5. The summed E-state index contributed by atoms with van der Waals surface area (Å²) in [5.41, 5.74) is 6.31. The van der Waals surface area contributed by atoms with Crippen LogP contribution < -0.4 is 10.9 Å². The van der Waals surface area contributed by atoms with Crippen LogP contribution in [0.15, 0.2) is 42.2 Å². The van der Waals surface area contributed by atoms with Gasteiger partial charge in [0.2, 0.25) is 5.78 Å². The summed E-state index contributed by atoms with van der Waals surface area (Å²) in [5, 5.41) is 10.7. The van der Waals surface area contributed by atoms with Crippen molar-refractivity contribution in [3.8, 4) is 0 Å². The molecule has 0 saturated carbocycles. The maximum atomic E-state index is 11.2. The molecule has 7 heteroatoms. The fourth-order valence-electron chi connectivity index (χ4n) is 1.59. The van der Waals surface area contributed by atoms with E-state index in [1.54, 1.807) is 18.3 Å². The Morgan fingerprint density at radius 3 is 2.84 bits per heavy atom. The number of carbonyl (C=O) groups excluding carboxylic acids is 2. The number of aldehydes is 1. The summed E-state index contributed by atoms with van der Waals surface area (Å²) in [4.78, 5) is 31.9. The number of Topliss-reactive ketones (excluding diaryl/α,β-unsaturated/α-hetero) is 1. The number of nitrogens with one attached hydrogen (secondary N) is 2. The van der Waals surface area contributed by atoms with E-state index in [4.69, 9.17) is 0 Å². The molecule has 7 nitrogen and oxygen atoms in total. The van der Waals surface area contributed by atoms with Gasteiger partial charge >= 0.3 is 0 Å². The number of nitro groups is 1. The maximum Gasteiger partial charge on any atom is 0.270 e. The minimum atomic E-state index is -0.705. The van der Waals surface area contributed by atoms with Crippen LogP contribution in [0.25, 0.3) is 5.57 Å². The van der Waals surface area contributed by atoms with E-state index in [0.29, 0.717) is 11.1 Å². The molecule has 0 spiro atoms. The van der Waals surface area contributed by atoms with Gasteiger partial charge in [-0.3, -0.25) is 25.1 Å². The van der Waals surface area contributed by atoms with Gasteiger partial charge in [-0.1, -0.05) is 12.1 Å². The largest absolute Gasteiger partial charge is 0.307 e. The van der Waals surface area contributed by atoms with Crippen molar-refractivity contribution < 1.29 is 14.5 Å². The number of hydrogen-bond acceptors (Lipinski definition) is 6. The van der Waals surface area contributed by atoms with Crippen LogP contribution in [0.1, 0.15) is 5.56 Å². The van der Waals surface area contributed by atoms with E-state index in [1.165, 1.54) is 18.2 Å². The Hall–Kier alpha value is -2.96. The molecule has 0 bridgehead atoms. The molecule has 1 aliphatic rings. The van der Waals surface area contributed by atoms with E-state index >= 15 is 0 Å². The molecular weight excluding hydrogens is 250 g/mol. The molecular formula is C12H9N3O4. The van der Waals surface area contributed by atoms with Crippen LogP contribution in [0, 0.1) is 10.1 Å². The molecule has 1 aromatic rings. The summed E-state index contributed by atoms with van der Waals surface area (Å²) in [6, 6.07) is 5.98. The van der Waals surface area contributed by atoms with E-state index in [2.05, 4.69) is 10.9 Å². The van der Waals surface area contributed by atoms with Crippen molar-refractivity contribution in [2.45, 2.75) is 0 Å². The van der Waals surface area contributed by atoms with Crippen molar-refractivity contribution in [1.29, 1.82) is 0 Å². The van der Waals surface area contributed by atoms with Gasteiger partial charge in [0.1, 0.15) is 5.70 Å². The van der Waals surface area contributed by atoms with Gasteiger partial charge in [-0.05, 0) is 11.6 Å². The molecule has 2 rings (SSSR count). The van der Waals surface area contributed by atoms with Gasteiger partial charge in [-0.15, -0.1) is 0 Å². The first-order valence-corrected chi connectivity index (χ1v) is 5.29. The molecule has 1 aromatic carbocycles. The van der Waals surface area contributed by atoms with Crippen LogP contribution in [0.5, 0.6) is 0 Å². The Kier molecular flexibility index (Phi) is 3.37. The van der Waals surface area contributed by atoms with Crippen LogP contribution in [0.4, 0.5) is 5.69 Å². The van der Waals surface area contributed by atoms with E-state index in [-0.39, 0.29) is 17.7 Å². The van der Waals surface area contributed by atoms with Crippen molar-refractivity contribution in [3.05, 3.63) is 57.9 Å². The minimum absolute atomic E-state index is 0.0476. The average molecular weight is 259 g/mol. The van der Waals surface area contributed by atoms with E-state index in [0.717, 1.165) is 0 Å². The van der Waals surface area contributed by atoms with Crippen molar-refractivity contribution in [2.75, 3.05) is 0 Å². The molecule has 0 amide bonds. The Balaban J connectivity index is 2.37. The van der Waals surface area contributed by atoms with Gasteiger partial charge in [0.25, 0.3) is 5.69 Å². The monoisotopic (exact) mass is 259 g/mol. The van der Waals surface area contributed by atoms with Crippen molar-refractivity contribution in [3.63, 3.8) is 0 Å². The van der Waals surface area contributed by atoms with Gasteiger partial charge in [0, 0.05) is 23.9 Å². The molecule has 0 aromatic heterocycles. The standard InChI is InChI=1S/C12H9N3O4/c16-7-12(17)11-5-9(6-13-14-11)8-2-1-3-10(4-8)15(18)19/h1-7,13-14H. The smallest absolute Gasteiger partial charge is 0.270 e. The molecule has 0 saturated heterocycles. The van der Waals surface area contributed by atoms with Gasteiger partial charge < -0.3 is 5.43 Å². The highest BCUT2D eigenvalue weighted by molar-refractivity contribution is 6.33. The number of nitrogens with zero attached hydrogens (tertiary/aromatic N) is 1. The van der Waals surface area contributed by atoms with Crippen molar-refractivity contribution in [2.24, 2.45) is 0 Å². The third-order valence-corrected chi connectivity index (χ3v) is 2.50.